The van der Waals surface area contributed by atoms with Gasteiger partial charge in [0.2, 0.25) is 0 Å². The van der Waals surface area contributed by atoms with E-state index in [9.17, 15) is 9.59 Å². The summed E-state index contributed by atoms with van der Waals surface area (Å²) >= 11 is 0. The highest BCUT2D eigenvalue weighted by Crippen LogP contribution is 2.30. The molecule has 0 spiro atoms. The fourth-order valence-electron chi connectivity index (χ4n) is 2.43. The van der Waals surface area contributed by atoms with E-state index in [1.807, 2.05) is 0 Å². The van der Waals surface area contributed by atoms with Gasteiger partial charge in [-0.3, -0.25) is 0 Å². The molecule has 18 heavy (non-hydrogen) atoms. The fraction of sp³-hybridized carbons (Fsp3) is 0.846. The highest BCUT2D eigenvalue weighted by atomic mass is 16.4. The molecule has 0 aromatic heterocycles. The normalized spacial score (nSPS) is 29.1. The molecule has 3 N–H and O–H groups in total. The maximum Gasteiger partial charge on any atom is 0.326 e. The first-order chi connectivity index (χ1) is 8.32. The number of rotatable bonds is 4. The molecule has 0 bridgehead atoms. The summed E-state index contributed by atoms with van der Waals surface area (Å²) in [7, 11) is 0. The summed E-state index contributed by atoms with van der Waals surface area (Å²) in [6.45, 7) is 7.86. The van der Waals surface area contributed by atoms with E-state index in [-0.39, 0.29) is 18.0 Å². The molecule has 4 unspecified atom stereocenters. The Morgan fingerprint density at radius 1 is 1.22 bits per heavy atom. The third-order valence-corrected chi connectivity index (χ3v) is 4.00. The summed E-state index contributed by atoms with van der Waals surface area (Å²) in [5.74, 6) is -0.0742. The lowest BCUT2D eigenvalue weighted by Crippen LogP contribution is -2.51. The summed E-state index contributed by atoms with van der Waals surface area (Å²) in [6.07, 6.45) is 2.08. The van der Waals surface area contributed by atoms with Crippen molar-refractivity contribution in [1.29, 1.82) is 0 Å². The maximum atomic E-state index is 11.8. The van der Waals surface area contributed by atoms with Crippen LogP contribution in [0.1, 0.15) is 40.5 Å². The molecular weight excluding hydrogens is 232 g/mol. The van der Waals surface area contributed by atoms with E-state index in [2.05, 4.69) is 24.5 Å². The molecule has 0 saturated heterocycles. The van der Waals surface area contributed by atoms with E-state index in [0.29, 0.717) is 11.8 Å². The molecule has 5 heteroatoms. The molecule has 2 amide bonds. The average Bonchev–Trinajstić information content (AvgIpc) is 2.57. The number of nitrogens with one attached hydrogen (secondary N) is 2. The van der Waals surface area contributed by atoms with Gasteiger partial charge in [0.1, 0.15) is 6.04 Å². The van der Waals surface area contributed by atoms with E-state index in [1.165, 1.54) is 0 Å². The average molecular weight is 256 g/mol. The summed E-state index contributed by atoms with van der Waals surface area (Å²) in [6, 6.07) is -1.05. The molecule has 0 aromatic rings. The van der Waals surface area contributed by atoms with Crippen LogP contribution in [0.2, 0.25) is 0 Å². The topological polar surface area (TPSA) is 78.4 Å². The van der Waals surface area contributed by atoms with Crippen molar-refractivity contribution >= 4 is 12.0 Å². The van der Waals surface area contributed by atoms with Crippen LogP contribution < -0.4 is 10.6 Å². The summed E-state index contributed by atoms with van der Waals surface area (Å²) < 4.78 is 0. The van der Waals surface area contributed by atoms with Crippen molar-refractivity contribution in [3.63, 3.8) is 0 Å². The molecule has 1 saturated carbocycles. The lowest BCUT2D eigenvalue weighted by atomic mass is 9.98. The highest BCUT2D eigenvalue weighted by molar-refractivity contribution is 5.82. The second kappa shape index (κ2) is 6.07. The number of carboxylic acids is 1. The Labute approximate surface area is 108 Å². The number of carbonyl (C=O) groups is 2. The van der Waals surface area contributed by atoms with Gasteiger partial charge in [0.05, 0.1) is 0 Å². The molecular formula is C13H24N2O3. The van der Waals surface area contributed by atoms with Crippen LogP contribution in [0.25, 0.3) is 0 Å². The second-order valence-electron chi connectivity index (χ2n) is 5.70. The Morgan fingerprint density at radius 2 is 1.83 bits per heavy atom. The number of hydrogen-bond donors (Lipinski definition) is 3. The molecule has 104 valence electrons. The molecule has 1 fully saturated rings. The van der Waals surface area contributed by atoms with E-state index >= 15 is 0 Å². The van der Waals surface area contributed by atoms with Crippen molar-refractivity contribution in [2.24, 2.45) is 17.8 Å². The van der Waals surface area contributed by atoms with E-state index in [4.69, 9.17) is 5.11 Å². The van der Waals surface area contributed by atoms with Gasteiger partial charge in [0.15, 0.2) is 0 Å². The van der Waals surface area contributed by atoms with Crippen LogP contribution in [-0.2, 0) is 4.79 Å². The van der Waals surface area contributed by atoms with Crippen molar-refractivity contribution in [2.45, 2.75) is 52.6 Å². The van der Waals surface area contributed by atoms with Crippen LogP contribution in [0.3, 0.4) is 0 Å². The van der Waals surface area contributed by atoms with Gasteiger partial charge in [0, 0.05) is 6.04 Å². The largest absolute Gasteiger partial charge is 0.480 e. The molecule has 0 radical (unpaired) electrons. The minimum Gasteiger partial charge on any atom is -0.480 e. The fourth-order valence-corrected chi connectivity index (χ4v) is 2.43. The number of hydrogen-bond acceptors (Lipinski definition) is 2. The zero-order valence-corrected chi connectivity index (χ0v) is 11.6. The van der Waals surface area contributed by atoms with E-state index in [1.54, 1.807) is 13.8 Å². The van der Waals surface area contributed by atoms with Crippen LogP contribution in [0.4, 0.5) is 4.79 Å². The maximum absolute atomic E-state index is 11.8. The molecule has 1 rings (SSSR count). The molecule has 1 aliphatic carbocycles. The smallest absolute Gasteiger partial charge is 0.326 e. The number of urea groups is 1. The van der Waals surface area contributed by atoms with Gasteiger partial charge in [-0.25, -0.2) is 9.59 Å². The lowest BCUT2D eigenvalue weighted by molar-refractivity contribution is -0.140. The third kappa shape index (κ3) is 3.62. The minimum absolute atomic E-state index is 0.131. The zero-order valence-electron chi connectivity index (χ0n) is 11.6. The van der Waals surface area contributed by atoms with Crippen LogP contribution in [-0.4, -0.2) is 29.2 Å². The van der Waals surface area contributed by atoms with Crippen molar-refractivity contribution in [3.05, 3.63) is 0 Å². The number of carbonyl (C=O) groups excluding carboxylic acids is 1. The van der Waals surface area contributed by atoms with Crippen LogP contribution in [0, 0.1) is 17.8 Å². The van der Waals surface area contributed by atoms with Gasteiger partial charge in [-0.1, -0.05) is 27.7 Å². The number of aliphatic carboxylic acids is 1. The number of carboxylic acid groups (broad SMARTS) is 1. The molecule has 0 aromatic carbocycles. The van der Waals surface area contributed by atoms with Gasteiger partial charge < -0.3 is 15.7 Å². The highest BCUT2D eigenvalue weighted by Gasteiger charge is 2.32. The third-order valence-electron chi connectivity index (χ3n) is 4.00. The monoisotopic (exact) mass is 256 g/mol. The molecule has 4 atom stereocenters. The van der Waals surface area contributed by atoms with Crippen molar-refractivity contribution in [1.82, 2.24) is 10.6 Å². The predicted octanol–water partition coefficient (Wildman–Crippen LogP) is 1.83. The summed E-state index contributed by atoms with van der Waals surface area (Å²) in [5.41, 5.74) is 0. The van der Waals surface area contributed by atoms with Gasteiger partial charge >= 0.3 is 12.0 Å². The van der Waals surface area contributed by atoms with E-state index in [0.717, 1.165) is 12.8 Å². The summed E-state index contributed by atoms with van der Waals surface area (Å²) in [5, 5.41) is 14.4. The molecule has 5 nitrogen and oxygen atoms in total. The Morgan fingerprint density at radius 3 is 2.22 bits per heavy atom. The summed E-state index contributed by atoms with van der Waals surface area (Å²) in [4.78, 5) is 22.8. The van der Waals surface area contributed by atoms with Crippen molar-refractivity contribution in [3.8, 4) is 0 Å². The predicted molar refractivity (Wildman–Crippen MR) is 69.3 cm³/mol. The lowest BCUT2D eigenvalue weighted by Gasteiger charge is -2.23. The Hall–Kier alpha value is -1.26. The molecule has 0 aliphatic heterocycles. The van der Waals surface area contributed by atoms with Crippen molar-refractivity contribution < 1.29 is 14.7 Å². The van der Waals surface area contributed by atoms with Gasteiger partial charge in [0.25, 0.3) is 0 Å². The van der Waals surface area contributed by atoms with E-state index < -0.39 is 12.0 Å². The van der Waals surface area contributed by atoms with Crippen LogP contribution in [0.5, 0.6) is 0 Å². The second-order valence-corrected chi connectivity index (χ2v) is 5.70. The number of amides is 2. The van der Waals surface area contributed by atoms with Crippen LogP contribution >= 0.6 is 0 Å². The van der Waals surface area contributed by atoms with Crippen LogP contribution in [0.15, 0.2) is 0 Å². The first-order valence-electron chi connectivity index (χ1n) is 6.62. The molecule has 0 heterocycles. The molecule has 1 aliphatic rings. The van der Waals surface area contributed by atoms with Gasteiger partial charge in [-0.15, -0.1) is 0 Å². The van der Waals surface area contributed by atoms with Crippen molar-refractivity contribution in [2.75, 3.05) is 0 Å². The zero-order chi connectivity index (χ0) is 13.9. The van der Waals surface area contributed by atoms with Gasteiger partial charge in [-0.2, -0.15) is 0 Å². The van der Waals surface area contributed by atoms with Gasteiger partial charge in [-0.05, 0) is 30.6 Å². The first kappa shape index (κ1) is 14.8. The quantitative estimate of drug-likeness (QED) is 0.718. The Bertz CT molecular complexity index is 317. The minimum atomic E-state index is -0.993. The standard InChI is InChI=1S/C13H24N2O3/c1-7(2)11(12(16)17)15-13(18)14-10-6-5-8(3)9(10)4/h7-11H,5-6H2,1-4H3,(H,16,17)(H2,14,15,18). The Balaban J connectivity index is 2.48. The SMILES string of the molecule is CC(C)C(NC(=O)NC1CCC(C)C1C)C(=O)O. The Kier molecular flexibility index (Phi) is 4.99. The first-order valence-corrected chi connectivity index (χ1v) is 6.62.